The molecule has 0 saturated carbocycles. The molecule has 1 heterocycles. The van der Waals surface area contributed by atoms with Gasteiger partial charge < -0.3 is 19.9 Å². The summed E-state index contributed by atoms with van der Waals surface area (Å²) < 4.78 is 10.2. The predicted octanol–water partition coefficient (Wildman–Crippen LogP) is 0.161. The second-order valence-corrected chi connectivity index (χ2v) is 4.43. The van der Waals surface area contributed by atoms with Crippen molar-refractivity contribution in [2.75, 3.05) is 20.3 Å². The van der Waals surface area contributed by atoms with E-state index in [2.05, 4.69) is 5.32 Å². The molecule has 2 N–H and O–H groups in total. The summed E-state index contributed by atoms with van der Waals surface area (Å²) in [4.78, 5) is 23.3. The first-order valence-electron chi connectivity index (χ1n) is 5.59. The van der Waals surface area contributed by atoms with Gasteiger partial charge >= 0.3 is 5.97 Å². The maximum Gasteiger partial charge on any atom is 0.331 e. The molecule has 0 bridgehead atoms. The van der Waals surface area contributed by atoms with Crippen LogP contribution in [0.3, 0.4) is 0 Å². The van der Waals surface area contributed by atoms with Crippen LogP contribution in [0.1, 0.15) is 26.7 Å². The number of carboxylic acids is 1. The Bertz CT molecular complexity index is 305. The second kappa shape index (κ2) is 5.01. The van der Waals surface area contributed by atoms with Crippen molar-refractivity contribution >= 4 is 11.9 Å². The minimum Gasteiger partial charge on any atom is -0.479 e. The summed E-state index contributed by atoms with van der Waals surface area (Å²) in [5.41, 5.74) is -2.32. The highest BCUT2D eigenvalue weighted by molar-refractivity contribution is 5.91. The van der Waals surface area contributed by atoms with E-state index in [9.17, 15) is 14.7 Å². The molecule has 1 amide bonds. The molecule has 0 radical (unpaired) electrons. The van der Waals surface area contributed by atoms with Crippen molar-refractivity contribution in [3.8, 4) is 0 Å². The number of hydrogen-bond acceptors (Lipinski definition) is 4. The lowest BCUT2D eigenvalue weighted by atomic mass is 9.95. The van der Waals surface area contributed by atoms with Gasteiger partial charge in [-0.3, -0.25) is 4.79 Å². The topological polar surface area (TPSA) is 84.9 Å². The molecule has 0 aromatic carbocycles. The van der Waals surface area contributed by atoms with Crippen LogP contribution < -0.4 is 5.32 Å². The smallest absolute Gasteiger partial charge is 0.331 e. The van der Waals surface area contributed by atoms with Crippen LogP contribution in [0.5, 0.6) is 0 Å². The first kappa shape index (κ1) is 13.9. The Morgan fingerprint density at radius 2 is 2.24 bits per heavy atom. The number of hydrogen-bond donors (Lipinski definition) is 2. The monoisotopic (exact) mass is 245 g/mol. The molecule has 1 fully saturated rings. The Labute approximate surface area is 100 Å². The predicted molar refractivity (Wildman–Crippen MR) is 59.7 cm³/mol. The standard InChI is InChI=1S/C11H19NO5/c1-4-10(2,16-3)8(13)12-11(9(14)15)5-6-17-7-11/h4-7H2,1-3H3,(H,12,13)(H,14,15). The normalized spacial score (nSPS) is 27.5. The van der Waals surface area contributed by atoms with E-state index >= 15 is 0 Å². The van der Waals surface area contributed by atoms with Crippen LogP contribution in [0.2, 0.25) is 0 Å². The molecule has 2 atom stereocenters. The highest BCUT2D eigenvalue weighted by atomic mass is 16.5. The molecule has 6 heteroatoms. The molecule has 0 spiro atoms. The Kier molecular flexibility index (Phi) is 4.11. The largest absolute Gasteiger partial charge is 0.479 e. The minimum atomic E-state index is -1.31. The summed E-state index contributed by atoms with van der Waals surface area (Å²) in [7, 11) is 1.43. The van der Waals surface area contributed by atoms with Gasteiger partial charge in [-0.25, -0.2) is 4.79 Å². The molecule has 0 aromatic heterocycles. The van der Waals surface area contributed by atoms with E-state index in [4.69, 9.17) is 9.47 Å². The molecule has 1 rings (SSSR count). The third kappa shape index (κ3) is 2.58. The maximum absolute atomic E-state index is 12.0. The second-order valence-electron chi connectivity index (χ2n) is 4.43. The zero-order valence-corrected chi connectivity index (χ0v) is 10.4. The number of carbonyl (C=O) groups excluding carboxylic acids is 1. The Balaban J connectivity index is 2.82. The molecule has 0 aromatic rings. The van der Waals surface area contributed by atoms with Gasteiger partial charge in [0.25, 0.3) is 5.91 Å². The van der Waals surface area contributed by atoms with E-state index in [1.807, 2.05) is 6.92 Å². The van der Waals surface area contributed by atoms with E-state index in [1.54, 1.807) is 6.92 Å². The third-order valence-corrected chi connectivity index (χ3v) is 3.39. The van der Waals surface area contributed by atoms with Crippen molar-refractivity contribution in [2.45, 2.75) is 37.8 Å². The summed E-state index contributed by atoms with van der Waals surface area (Å²) in [6.45, 7) is 3.77. The lowest BCUT2D eigenvalue weighted by Crippen LogP contribution is -2.60. The van der Waals surface area contributed by atoms with Crippen LogP contribution in [0, 0.1) is 0 Å². The van der Waals surface area contributed by atoms with Gasteiger partial charge in [0, 0.05) is 20.1 Å². The summed E-state index contributed by atoms with van der Waals surface area (Å²) >= 11 is 0. The summed E-state index contributed by atoms with van der Waals surface area (Å²) in [6, 6.07) is 0. The fourth-order valence-corrected chi connectivity index (χ4v) is 1.63. The maximum atomic E-state index is 12.0. The molecule has 1 aliphatic rings. The van der Waals surface area contributed by atoms with Gasteiger partial charge in [-0.1, -0.05) is 6.92 Å². The van der Waals surface area contributed by atoms with Crippen LogP contribution in [0.15, 0.2) is 0 Å². The molecule has 98 valence electrons. The van der Waals surface area contributed by atoms with Gasteiger partial charge in [0.1, 0.15) is 5.60 Å². The molecular weight excluding hydrogens is 226 g/mol. The molecule has 1 aliphatic heterocycles. The molecule has 2 unspecified atom stereocenters. The summed E-state index contributed by atoms with van der Waals surface area (Å²) in [5.74, 6) is -1.49. The van der Waals surface area contributed by atoms with Crippen molar-refractivity contribution in [1.82, 2.24) is 5.32 Å². The van der Waals surface area contributed by atoms with Gasteiger partial charge in [0.15, 0.2) is 5.54 Å². The zero-order valence-electron chi connectivity index (χ0n) is 10.4. The van der Waals surface area contributed by atoms with Crippen molar-refractivity contribution in [3.63, 3.8) is 0 Å². The Hall–Kier alpha value is -1.14. The lowest BCUT2D eigenvalue weighted by Gasteiger charge is -2.31. The highest BCUT2D eigenvalue weighted by Gasteiger charge is 2.46. The van der Waals surface area contributed by atoms with Gasteiger partial charge in [-0.05, 0) is 13.3 Å². The summed E-state index contributed by atoms with van der Waals surface area (Å²) in [6.07, 6.45) is 0.740. The fourth-order valence-electron chi connectivity index (χ4n) is 1.63. The van der Waals surface area contributed by atoms with Crippen LogP contribution in [0.25, 0.3) is 0 Å². The number of amides is 1. The number of ether oxygens (including phenoxy) is 2. The zero-order chi connectivity index (χ0) is 13.1. The SMILES string of the molecule is CCC(C)(OC)C(=O)NC1(C(=O)O)CCOC1. The van der Waals surface area contributed by atoms with Crippen LogP contribution in [-0.2, 0) is 19.1 Å². The lowest BCUT2D eigenvalue weighted by molar-refractivity contribution is -0.153. The number of nitrogens with one attached hydrogen (secondary N) is 1. The van der Waals surface area contributed by atoms with Crippen LogP contribution in [-0.4, -0.2) is 48.4 Å². The minimum absolute atomic E-state index is 0.00240. The van der Waals surface area contributed by atoms with E-state index in [0.29, 0.717) is 13.0 Å². The molecule has 6 nitrogen and oxygen atoms in total. The van der Waals surface area contributed by atoms with Gasteiger partial charge in [-0.2, -0.15) is 0 Å². The van der Waals surface area contributed by atoms with E-state index in [-0.39, 0.29) is 13.0 Å². The fraction of sp³-hybridized carbons (Fsp3) is 0.818. The van der Waals surface area contributed by atoms with Crippen molar-refractivity contribution in [1.29, 1.82) is 0 Å². The molecule has 0 aliphatic carbocycles. The molecular formula is C11H19NO5. The van der Waals surface area contributed by atoms with Gasteiger partial charge in [0.05, 0.1) is 6.61 Å². The third-order valence-electron chi connectivity index (χ3n) is 3.39. The van der Waals surface area contributed by atoms with E-state index in [1.165, 1.54) is 7.11 Å². The highest BCUT2D eigenvalue weighted by Crippen LogP contribution is 2.22. The van der Waals surface area contributed by atoms with E-state index in [0.717, 1.165) is 0 Å². The number of carbonyl (C=O) groups is 2. The Morgan fingerprint density at radius 3 is 2.59 bits per heavy atom. The first-order valence-corrected chi connectivity index (χ1v) is 5.59. The average molecular weight is 245 g/mol. The van der Waals surface area contributed by atoms with Crippen molar-refractivity contribution < 1.29 is 24.2 Å². The van der Waals surface area contributed by atoms with Crippen molar-refractivity contribution in [2.24, 2.45) is 0 Å². The first-order chi connectivity index (χ1) is 7.90. The number of aliphatic carboxylic acids is 1. The number of carboxylic acid groups (broad SMARTS) is 1. The average Bonchev–Trinajstić information content (AvgIpc) is 2.77. The summed E-state index contributed by atoms with van der Waals surface area (Å²) in [5, 5.41) is 11.7. The Morgan fingerprint density at radius 1 is 1.59 bits per heavy atom. The quantitative estimate of drug-likeness (QED) is 0.720. The molecule has 17 heavy (non-hydrogen) atoms. The number of methoxy groups -OCH3 is 1. The van der Waals surface area contributed by atoms with Crippen LogP contribution >= 0.6 is 0 Å². The van der Waals surface area contributed by atoms with Gasteiger partial charge in [0.2, 0.25) is 0 Å². The molecule has 1 saturated heterocycles. The van der Waals surface area contributed by atoms with Crippen LogP contribution in [0.4, 0.5) is 0 Å². The number of rotatable bonds is 5. The van der Waals surface area contributed by atoms with Gasteiger partial charge in [-0.15, -0.1) is 0 Å². The van der Waals surface area contributed by atoms with E-state index < -0.39 is 23.0 Å². The van der Waals surface area contributed by atoms with Crippen molar-refractivity contribution in [3.05, 3.63) is 0 Å².